The summed E-state index contributed by atoms with van der Waals surface area (Å²) < 4.78 is 1.66. The zero-order valence-corrected chi connectivity index (χ0v) is 11.5. The molecule has 0 bridgehead atoms. The van der Waals surface area contributed by atoms with Gasteiger partial charge in [-0.1, -0.05) is 19.9 Å². The smallest absolute Gasteiger partial charge is 0.313 e. The van der Waals surface area contributed by atoms with E-state index in [2.05, 4.69) is 10.1 Å². The first-order valence-electron chi connectivity index (χ1n) is 6.50. The molecule has 0 saturated carbocycles. The monoisotopic (exact) mass is 275 g/mol. The van der Waals surface area contributed by atoms with Crippen molar-refractivity contribution in [2.75, 3.05) is 5.73 Å². The third kappa shape index (κ3) is 2.47. The number of hydrogen-bond acceptors (Lipinski definition) is 5. The molecule has 0 aliphatic heterocycles. The molecule has 0 saturated heterocycles. The highest BCUT2D eigenvalue weighted by Crippen LogP contribution is 2.25. The van der Waals surface area contributed by atoms with E-state index >= 15 is 0 Å². The Bertz CT molecular complexity index is 636. The molecule has 0 fully saturated rings. The minimum absolute atomic E-state index is 0.123. The van der Waals surface area contributed by atoms with Crippen LogP contribution >= 0.6 is 0 Å². The molecule has 2 aromatic rings. The second-order valence-corrected chi connectivity index (χ2v) is 4.41. The molecule has 106 valence electrons. The zero-order valence-electron chi connectivity index (χ0n) is 11.5. The second kappa shape index (κ2) is 5.68. The summed E-state index contributed by atoms with van der Waals surface area (Å²) in [6.45, 7) is 4.13. The Balaban J connectivity index is 2.47. The molecular weight excluding hydrogens is 258 g/mol. The number of aromatic nitrogens is 3. The highest BCUT2D eigenvalue weighted by molar-refractivity contribution is 5.43. The van der Waals surface area contributed by atoms with Crippen molar-refractivity contribution in [1.82, 2.24) is 14.8 Å². The number of pyridine rings is 1. The Hall–Kier alpha value is -2.44. The summed E-state index contributed by atoms with van der Waals surface area (Å²) in [6, 6.07) is 3.64. The van der Waals surface area contributed by atoms with Crippen LogP contribution in [0.5, 0.6) is 0 Å². The van der Waals surface area contributed by atoms with Crippen molar-refractivity contribution in [2.24, 2.45) is 0 Å². The molecule has 0 unspecified atom stereocenters. The van der Waals surface area contributed by atoms with Crippen LogP contribution in [0.15, 0.2) is 18.3 Å². The summed E-state index contributed by atoms with van der Waals surface area (Å²) in [5, 5.41) is 15.6. The van der Waals surface area contributed by atoms with Crippen LogP contribution in [0.4, 0.5) is 11.5 Å². The third-order valence-electron chi connectivity index (χ3n) is 3.20. The number of aryl methyl sites for hydroxylation is 1. The summed E-state index contributed by atoms with van der Waals surface area (Å²) in [7, 11) is 0. The number of nitrogen functional groups attached to an aromatic ring is 1. The van der Waals surface area contributed by atoms with Crippen LogP contribution in [-0.2, 0) is 19.4 Å². The molecule has 2 aromatic heterocycles. The number of rotatable bonds is 5. The lowest BCUT2D eigenvalue weighted by Crippen LogP contribution is -2.09. The van der Waals surface area contributed by atoms with Crippen LogP contribution in [0.3, 0.4) is 0 Å². The fraction of sp³-hybridized carbons (Fsp3) is 0.385. The highest BCUT2D eigenvalue weighted by atomic mass is 16.6. The fourth-order valence-electron chi connectivity index (χ4n) is 2.22. The van der Waals surface area contributed by atoms with E-state index < -0.39 is 0 Å². The first kappa shape index (κ1) is 14.0. The standard InChI is InChI=1S/C13H17N5O2/c1-3-10-12(18(19)20)11(4-2)17(16-10)8-9-6-5-7-15-13(9)14/h5-7H,3-4,8H2,1-2H3,(H2,14,15). The van der Waals surface area contributed by atoms with E-state index in [-0.39, 0.29) is 10.6 Å². The molecule has 2 heterocycles. The van der Waals surface area contributed by atoms with E-state index in [0.717, 1.165) is 5.56 Å². The maximum absolute atomic E-state index is 11.2. The zero-order chi connectivity index (χ0) is 14.7. The summed E-state index contributed by atoms with van der Waals surface area (Å²) in [4.78, 5) is 14.9. The van der Waals surface area contributed by atoms with Crippen molar-refractivity contribution >= 4 is 11.5 Å². The van der Waals surface area contributed by atoms with Crippen molar-refractivity contribution in [3.8, 4) is 0 Å². The van der Waals surface area contributed by atoms with Gasteiger partial charge in [0.05, 0.1) is 11.5 Å². The molecule has 2 N–H and O–H groups in total. The van der Waals surface area contributed by atoms with Crippen molar-refractivity contribution < 1.29 is 4.92 Å². The quantitative estimate of drug-likeness (QED) is 0.664. The van der Waals surface area contributed by atoms with Gasteiger partial charge in [0.2, 0.25) is 0 Å². The molecule has 0 atom stereocenters. The first-order valence-corrected chi connectivity index (χ1v) is 6.50. The second-order valence-electron chi connectivity index (χ2n) is 4.41. The molecule has 7 nitrogen and oxygen atoms in total. The van der Waals surface area contributed by atoms with Crippen molar-refractivity contribution in [1.29, 1.82) is 0 Å². The van der Waals surface area contributed by atoms with Crippen LogP contribution in [0.25, 0.3) is 0 Å². The van der Waals surface area contributed by atoms with Gasteiger partial charge >= 0.3 is 5.69 Å². The van der Waals surface area contributed by atoms with E-state index in [0.29, 0.717) is 36.6 Å². The molecule has 7 heteroatoms. The molecule has 0 amide bonds. The van der Waals surface area contributed by atoms with Crippen LogP contribution in [0.2, 0.25) is 0 Å². The van der Waals surface area contributed by atoms with Crippen LogP contribution in [0, 0.1) is 10.1 Å². The number of nitro groups is 1. The average Bonchev–Trinajstić information content (AvgIpc) is 2.79. The Labute approximate surface area is 116 Å². The summed E-state index contributed by atoms with van der Waals surface area (Å²) >= 11 is 0. The van der Waals surface area contributed by atoms with E-state index in [1.54, 1.807) is 16.9 Å². The maximum atomic E-state index is 11.2. The van der Waals surface area contributed by atoms with Gasteiger partial charge in [0.15, 0.2) is 0 Å². The lowest BCUT2D eigenvalue weighted by Gasteiger charge is -2.07. The number of hydrogen-bond donors (Lipinski definition) is 1. The van der Waals surface area contributed by atoms with Gasteiger partial charge in [0.25, 0.3) is 0 Å². The predicted molar refractivity (Wildman–Crippen MR) is 75.4 cm³/mol. The first-order chi connectivity index (χ1) is 9.58. The normalized spacial score (nSPS) is 10.7. The molecule has 0 aromatic carbocycles. The Kier molecular flexibility index (Phi) is 3.97. The number of nitrogens with two attached hydrogens (primary N) is 1. The van der Waals surface area contributed by atoms with Gasteiger partial charge in [-0.05, 0) is 18.9 Å². The molecule has 0 aliphatic carbocycles. The fourth-order valence-corrected chi connectivity index (χ4v) is 2.22. The van der Waals surface area contributed by atoms with Gasteiger partial charge in [0, 0.05) is 11.8 Å². The number of nitrogens with zero attached hydrogens (tertiary/aromatic N) is 4. The van der Waals surface area contributed by atoms with Gasteiger partial charge in [0.1, 0.15) is 17.2 Å². The summed E-state index contributed by atoms with van der Waals surface area (Å²) in [5.41, 5.74) is 7.87. The van der Waals surface area contributed by atoms with E-state index in [1.165, 1.54) is 0 Å². The van der Waals surface area contributed by atoms with Gasteiger partial charge in [-0.15, -0.1) is 0 Å². The van der Waals surface area contributed by atoms with Crippen molar-refractivity contribution in [2.45, 2.75) is 33.2 Å². The lowest BCUT2D eigenvalue weighted by atomic mass is 10.2. The summed E-state index contributed by atoms with van der Waals surface area (Å²) in [5.74, 6) is 0.422. The average molecular weight is 275 g/mol. The topological polar surface area (TPSA) is 99.9 Å². The van der Waals surface area contributed by atoms with Gasteiger partial charge in [-0.2, -0.15) is 5.10 Å². The SMILES string of the molecule is CCc1nn(Cc2cccnc2N)c(CC)c1[N+](=O)[O-]. The van der Waals surface area contributed by atoms with Crippen LogP contribution < -0.4 is 5.73 Å². The van der Waals surface area contributed by atoms with Crippen LogP contribution in [0.1, 0.15) is 30.8 Å². The lowest BCUT2D eigenvalue weighted by molar-refractivity contribution is -0.386. The van der Waals surface area contributed by atoms with E-state index in [9.17, 15) is 10.1 Å². The molecular formula is C13H17N5O2. The maximum Gasteiger partial charge on any atom is 0.313 e. The van der Waals surface area contributed by atoms with Crippen LogP contribution in [-0.4, -0.2) is 19.7 Å². The third-order valence-corrected chi connectivity index (χ3v) is 3.20. The molecule has 2 rings (SSSR count). The van der Waals surface area contributed by atoms with Gasteiger partial charge < -0.3 is 5.73 Å². The Morgan fingerprint density at radius 1 is 1.40 bits per heavy atom. The Morgan fingerprint density at radius 3 is 2.70 bits per heavy atom. The van der Waals surface area contributed by atoms with Gasteiger partial charge in [-0.25, -0.2) is 4.98 Å². The Morgan fingerprint density at radius 2 is 2.15 bits per heavy atom. The minimum atomic E-state index is -0.353. The highest BCUT2D eigenvalue weighted by Gasteiger charge is 2.25. The van der Waals surface area contributed by atoms with E-state index in [4.69, 9.17) is 5.73 Å². The van der Waals surface area contributed by atoms with E-state index in [1.807, 2.05) is 19.9 Å². The van der Waals surface area contributed by atoms with Crippen molar-refractivity contribution in [3.05, 3.63) is 45.4 Å². The molecule has 0 radical (unpaired) electrons. The molecule has 20 heavy (non-hydrogen) atoms. The van der Waals surface area contributed by atoms with Crippen molar-refractivity contribution in [3.63, 3.8) is 0 Å². The predicted octanol–water partition coefficient (Wildman–Crippen LogP) is 1.94. The molecule has 0 spiro atoms. The molecule has 0 aliphatic rings. The van der Waals surface area contributed by atoms with Gasteiger partial charge in [-0.3, -0.25) is 14.8 Å². The minimum Gasteiger partial charge on any atom is -0.383 e. The summed E-state index contributed by atoms with van der Waals surface area (Å²) in [6.07, 6.45) is 2.69. The number of anilines is 1. The largest absolute Gasteiger partial charge is 0.383 e.